The summed E-state index contributed by atoms with van der Waals surface area (Å²) in [7, 11) is 0. The van der Waals surface area contributed by atoms with Gasteiger partial charge in [0.15, 0.2) is 0 Å². The molecule has 1 unspecified atom stereocenters. The van der Waals surface area contributed by atoms with Gasteiger partial charge < -0.3 is 10.4 Å². The molecule has 6 heteroatoms. The van der Waals surface area contributed by atoms with Gasteiger partial charge >= 0.3 is 0 Å². The van der Waals surface area contributed by atoms with E-state index < -0.39 is 11.9 Å². The quantitative estimate of drug-likeness (QED) is 0.888. The lowest BCUT2D eigenvalue weighted by Gasteiger charge is -2.12. The van der Waals surface area contributed by atoms with Crippen LogP contribution in [0.25, 0.3) is 0 Å². The first-order valence-electron chi connectivity index (χ1n) is 5.37. The summed E-state index contributed by atoms with van der Waals surface area (Å²) in [6.07, 6.45) is -0.768. The van der Waals surface area contributed by atoms with Gasteiger partial charge in [-0.2, -0.15) is 0 Å². The van der Waals surface area contributed by atoms with Crippen LogP contribution in [0, 0.1) is 5.82 Å². The van der Waals surface area contributed by atoms with Gasteiger partial charge in [-0.25, -0.2) is 9.37 Å². The Bertz CT molecular complexity index is 507. The molecule has 0 aliphatic rings. The van der Waals surface area contributed by atoms with Gasteiger partial charge in [-0.1, -0.05) is 17.7 Å². The van der Waals surface area contributed by atoms with Crippen molar-refractivity contribution in [3.05, 3.63) is 51.2 Å². The minimum atomic E-state index is -0.768. The van der Waals surface area contributed by atoms with E-state index in [4.69, 9.17) is 11.6 Å². The lowest BCUT2D eigenvalue weighted by Crippen LogP contribution is -2.21. The molecular formula is C12H12ClFN2OS. The SMILES string of the molecule is OC(CNCc1cscn1)c1ccc(Cl)c(F)c1. The molecule has 96 valence electrons. The van der Waals surface area contributed by atoms with Crippen LogP contribution >= 0.6 is 22.9 Å². The second-order valence-electron chi connectivity index (χ2n) is 3.80. The fourth-order valence-corrected chi connectivity index (χ4v) is 2.18. The van der Waals surface area contributed by atoms with Crippen molar-refractivity contribution in [1.82, 2.24) is 10.3 Å². The number of hydrogen-bond acceptors (Lipinski definition) is 4. The standard InChI is InChI=1S/C12H12ClFN2OS/c13-10-2-1-8(3-11(10)14)12(17)5-15-4-9-6-18-7-16-9/h1-3,6-7,12,15,17H,4-5H2. The maximum absolute atomic E-state index is 13.2. The van der Waals surface area contributed by atoms with Crippen LogP contribution in [0.1, 0.15) is 17.4 Å². The average molecular weight is 287 g/mol. The Morgan fingerprint density at radius 2 is 2.33 bits per heavy atom. The average Bonchev–Trinajstić information content (AvgIpc) is 2.85. The van der Waals surface area contributed by atoms with Gasteiger partial charge in [0, 0.05) is 18.5 Å². The first-order chi connectivity index (χ1) is 8.66. The first-order valence-corrected chi connectivity index (χ1v) is 6.69. The molecule has 0 amide bonds. The number of nitrogens with one attached hydrogen (secondary N) is 1. The predicted molar refractivity (Wildman–Crippen MR) is 70.2 cm³/mol. The highest BCUT2D eigenvalue weighted by Crippen LogP contribution is 2.19. The first kappa shape index (κ1) is 13.4. The summed E-state index contributed by atoms with van der Waals surface area (Å²) in [5.74, 6) is -0.521. The molecular weight excluding hydrogens is 275 g/mol. The number of aliphatic hydroxyl groups is 1. The van der Waals surface area contributed by atoms with Crippen molar-refractivity contribution in [2.75, 3.05) is 6.54 Å². The van der Waals surface area contributed by atoms with Crippen molar-refractivity contribution in [2.45, 2.75) is 12.6 Å². The van der Waals surface area contributed by atoms with Gasteiger partial charge in [-0.15, -0.1) is 11.3 Å². The molecule has 0 bridgehead atoms. The zero-order valence-electron chi connectivity index (χ0n) is 9.44. The number of benzene rings is 1. The van der Waals surface area contributed by atoms with Crippen LogP contribution < -0.4 is 5.32 Å². The van der Waals surface area contributed by atoms with E-state index in [1.807, 2.05) is 5.38 Å². The van der Waals surface area contributed by atoms with Crippen LogP contribution in [0.4, 0.5) is 4.39 Å². The van der Waals surface area contributed by atoms with Crippen molar-refractivity contribution >= 4 is 22.9 Å². The molecule has 0 aliphatic heterocycles. The Hall–Kier alpha value is -1.01. The summed E-state index contributed by atoms with van der Waals surface area (Å²) in [5, 5.41) is 14.9. The summed E-state index contributed by atoms with van der Waals surface area (Å²) >= 11 is 7.10. The Morgan fingerprint density at radius 3 is 3.00 bits per heavy atom. The molecule has 3 nitrogen and oxygen atoms in total. The molecule has 1 aromatic carbocycles. The van der Waals surface area contributed by atoms with Gasteiger partial charge in [-0.05, 0) is 17.7 Å². The Kier molecular flexibility index (Phi) is 4.66. The minimum Gasteiger partial charge on any atom is -0.387 e. The van der Waals surface area contributed by atoms with E-state index in [1.54, 1.807) is 11.6 Å². The summed E-state index contributed by atoms with van der Waals surface area (Å²) < 4.78 is 13.2. The van der Waals surface area contributed by atoms with E-state index in [2.05, 4.69) is 10.3 Å². The summed E-state index contributed by atoms with van der Waals surface area (Å²) in [6, 6.07) is 4.30. The number of hydrogen-bond donors (Lipinski definition) is 2. The highest BCUT2D eigenvalue weighted by Gasteiger charge is 2.09. The predicted octanol–water partition coefficient (Wildman–Crippen LogP) is 2.76. The number of thiazole rings is 1. The third-order valence-electron chi connectivity index (χ3n) is 2.46. The van der Waals surface area contributed by atoms with Crippen molar-refractivity contribution in [1.29, 1.82) is 0 Å². The molecule has 1 aromatic heterocycles. The molecule has 2 N–H and O–H groups in total. The fraction of sp³-hybridized carbons (Fsp3) is 0.250. The van der Waals surface area contributed by atoms with E-state index in [0.717, 1.165) is 5.69 Å². The number of rotatable bonds is 5. The number of nitrogens with zero attached hydrogens (tertiary/aromatic N) is 1. The number of halogens is 2. The summed E-state index contributed by atoms with van der Waals surface area (Å²) in [4.78, 5) is 4.11. The van der Waals surface area contributed by atoms with Gasteiger partial charge in [0.25, 0.3) is 0 Å². The molecule has 0 saturated heterocycles. The maximum atomic E-state index is 13.2. The molecule has 0 spiro atoms. The molecule has 0 aliphatic carbocycles. The Morgan fingerprint density at radius 1 is 1.50 bits per heavy atom. The molecule has 1 heterocycles. The van der Waals surface area contributed by atoms with Crippen LogP contribution in [0.15, 0.2) is 29.1 Å². The van der Waals surface area contributed by atoms with Crippen LogP contribution in [0.5, 0.6) is 0 Å². The minimum absolute atomic E-state index is 0.0568. The third kappa shape index (κ3) is 3.49. The maximum Gasteiger partial charge on any atom is 0.142 e. The lowest BCUT2D eigenvalue weighted by atomic mass is 10.1. The van der Waals surface area contributed by atoms with E-state index in [1.165, 1.54) is 23.5 Å². The van der Waals surface area contributed by atoms with E-state index in [-0.39, 0.29) is 5.02 Å². The van der Waals surface area contributed by atoms with Crippen LogP contribution in [0.2, 0.25) is 5.02 Å². The molecule has 1 atom stereocenters. The van der Waals surface area contributed by atoms with Crippen molar-refractivity contribution in [3.63, 3.8) is 0 Å². The van der Waals surface area contributed by atoms with Gasteiger partial charge in [-0.3, -0.25) is 0 Å². The van der Waals surface area contributed by atoms with Crippen molar-refractivity contribution in [3.8, 4) is 0 Å². The highest BCUT2D eigenvalue weighted by atomic mass is 35.5. The van der Waals surface area contributed by atoms with Crippen LogP contribution in [-0.4, -0.2) is 16.6 Å². The Labute approximate surface area is 113 Å². The monoisotopic (exact) mass is 286 g/mol. The van der Waals surface area contributed by atoms with Crippen LogP contribution in [-0.2, 0) is 6.54 Å². The van der Waals surface area contributed by atoms with Crippen molar-refractivity contribution < 1.29 is 9.50 Å². The Balaban J connectivity index is 1.87. The number of aliphatic hydroxyl groups excluding tert-OH is 1. The smallest absolute Gasteiger partial charge is 0.142 e. The van der Waals surface area contributed by atoms with Gasteiger partial charge in [0.2, 0.25) is 0 Å². The van der Waals surface area contributed by atoms with E-state index in [0.29, 0.717) is 18.7 Å². The van der Waals surface area contributed by atoms with Crippen LogP contribution in [0.3, 0.4) is 0 Å². The molecule has 0 fully saturated rings. The second-order valence-corrected chi connectivity index (χ2v) is 4.93. The largest absolute Gasteiger partial charge is 0.387 e. The highest BCUT2D eigenvalue weighted by molar-refractivity contribution is 7.07. The fourth-order valence-electron chi connectivity index (χ4n) is 1.50. The molecule has 2 rings (SSSR count). The third-order valence-corrected chi connectivity index (χ3v) is 3.40. The second kappa shape index (κ2) is 6.24. The molecule has 0 saturated carbocycles. The number of aromatic nitrogens is 1. The molecule has 0 radical (unpaired) electrons. The zero-order chi connectivity index (χ0) is 13.0. The summed E-state index contributed by atoms with van der Waals surface area (Å²) in [5.41, 5.74) is 3.18. The zero-order valence-corrected chi connectivity index (χ0v) is 11.0. The van der Waals surface area contributed by atoms with E-state index >= 15 is 0 Å². The lowest BCUT2D eigenvalue weighted by molar-refractivity contribution is 0.174. The van der Waals surface area contributed by atoms with Gasteiger partial charge in [0.1, 0.15) is 5.82 Å². The van der Waals surface area contributed by atoms with E-state index in [9.17, 15) is 9.50 Å². The molecule has 18 heavy (non-hydrogen) atoms. The normalized spacial score (nSPS) is 12.6. The molecule has 2 aromatic rings. The summed E-state index contributed by atoms with van der Waals surface area (Å²) in [6.45, 7) is 0.912. The van der Waals surface area contributed by atoms with Gasteiger partial charge in [0.05, 0.1) is 22.3 Å². The van der Waals surface area contributed by atoms with Crippen molar-refractivity contribution in [2.24, 2.45) is 0 Å². The topological polar surface area (TPSA) is 45.1 Å².